The van der Waals surface area contributed by atoms with Crippen molar-refractivity contribution in [1.82, 2.24) is 4.90 Å². The Morgan fingerprint density at radius 2 is 2.15 bits per heavy atom. The van der Waals surface area contributed by atoms with Crippen molar-refractivity contribution in [3.63, 3.8) is 0 Å². The summed E-state index contributed by atoms with van der Waals surface area (Å²) in [7, 11) is 2.21. The summed E-state index contributed by atoms with van der Waals surface area (Å²) >= 11 is 3.59. The summed E-state index contributed by atoms with van der Waals surface area (Å²) in [5.41, 5.74) is 8.89. The predicted molar refractivity (Wildman–Crippen MR) is 90.4 cm³/mol. The quantitative estimate of drug-likeness (QED) is 0.915. The number of anilines is 1. The molecule has 2 N–H and O–H groups in total. The Balaban J connectivity index is 2.22. The standard InChI is InChI=1S/C16H26BrN3/c1-4-15(18)10-13-9-14(17)5-6-16(13)20-8-7-19(3)12(2)11-20/h5-6,9,12,15H,4,7-8,10-11,18H2,1-3H3. The van der Waals surface area contributed by atoms with Gasteiger partial charge in [-0.25, -0.2) is 0 Å². The molecule has 0 radical (unpaired) electrons. The van der Waals surface area contributed by atoms with Gasteiger partial charge in [-0.05, 0) is 50.6 Å². The van der Waals surface area contributed by atoms with Crippen molar-refractivity contribution in [2.24, 2.45) is 5.73 Å². The Morgan fingerprint density at radius 1 is 1.40 bits per heavy atom. The molecule has 0 aliphatic carbocycles. The van der Waals surface area contributed by atoms with Gasteiger partial charge in [-0.1, -0.05) is 22.9 Å². The third-order valence-electron chi connectivity index (χ3n) is 4.35. The fraction of sp³-hybridized carbons (Fsp3) is 0.625. The van der Waals surface area contributed by atoms with Crippen LogP contribution in [0.4, 0.5) is 5.69 Å². The molecular formula is C16H26BrN3. The lowest BCUT2D eigenvalue weighted by atomic mass is 10.0. The molecule has 0 saturated carbocycles. The smallest absolute Gasteiger partial charge is 0.0401 e. The highest BCUT2D eigenvalue weighted by atomic mass is 79.9. The second-order valence-corrected chi connectivity index (χ2v) is 6.84. The number of hydrogen-bond donors (Lipinski definition) is 1. The SMILES string of the molecule is CCC(N)Cc1cc(Br)ccc1N1CCN(C)C(C)C1. The van der Waals surface area contributed by atoms with Crippen LogP contribution in [-0.2, 0) is 6.42 Å². The molecule has 1 aliphatic rings. The Bertz CT molecular complexity index is 449. The molecule has 0 spiro atoms. The van der Waals surface area contributed by atoms with Crippen molar-refractivity contribution in [1.29, 1.82) is 0 Å². The van der Waals surface area contributed by atoms with Gasteiger partial charge in [-0.15, -0.1) is 0 Å². The van der Waals surface area contributed by atoms with Crippen molar-refractivity contribution in [3.8, 4) is 0 Å². The van der Waals surface area contributed by atoms with Crippen LogP contribution in [0.5, 0.6) is 0 Å². The van der Waals surface area contributed by atoms with Crippen LogP contribution in [0.25, 0.3) is 0 Å². The fourth-order valence-electron chi connectivity index (χ4n) is 2.72. The molecule has 2 atom stereocenters. The van der Waals surface area contributed by atoms with Gasteiger partial charge >= 0.3 is 0 Å². The Morgan fingerprint density at radius 3 is 2.80 bits per heavy atom. The van der Waals surface area contributed by atoms with Gasteiger partial charge in [-0.2, -0.15) is 0 Å². The molecule has 20 heavy (non-hydrogen) atoms. The highest BCUT2D eigenvalue weighted by Gasteiger charge is 2.22. The summed E-state index contributed by atoms with van der Waals surface area (Å²) in [6, 6.07) is 7.44. The predicted octanol–water partition coefficient (Wildman–Crippen LogP) is 2.87. The van der Waals surface area contributed by atoms with E-state index in [1.807, 2.05) is 0 Å². The molecule has 1 aromatic rings. The lowest BCUT2D eigenvalue weighted by molar-refractivity contribution is 0.234. The minimum Gasteiger partial charge on any atom is -0.368 e. The van der Waals surface area contributed by atoms with Crippen LogP contribution in [0.15, 0.2) is 22.7 Å². The third-order valence-corrected chi connectivity index (χ3v) is 4.84. The first-order valence-electron chi connectivity index (χ1n) is 7.50. The largest absolute Gasteiger partial charge is 0.368 e. The first kappa shape index (κ1) is 15.8. The van der Waals surface area contributed by atoms with E-state index in [-0.39, 0.29) is 6.04 Å². The highest BCUT2D eigenvalue weighted by molar-refractivity contribution is 9.10. The van der Waals surface area contributed by atoms with Gasteiger partial charge in [0.25, 0.3) is 0 Å². The van der Waals surface area contributed by atoms with E-state index in [1.165, 1.54) is 11.3 Å². The van der Waals surface area contributed by atoms with E-state index in [1.54, 1.807) is 0 Å². The van der Waals surface area contributed by atoms with E-state index in [9.17, 15) is 0 Å². The second kappa shape index (κ2) is 6.92. The number of rotatable bonds is 4. The normalized spacial score (nSPS) is 22.1. The van der Waals surface area contributed by atoms with Crippen LogP contribution >= 0.6 is 15.9 Å². The third kappa shape index (κ3) is 3.74. The van der Waals surface area contributed by atoms with Crippen molar-refractivity contribution in [2.75, 3.05) is 31.6 Å². The molecule has 1 aromatic carbocycles. The van der Waals surface area contributed by atoms with Gasteiger partial charge in [0.1, 0.15) is 0 Å². The summed E-state index contributed by atoms with van der Waals surface area (Å²) < 4.78 is 1.14. The van der Waals surface area contributed by atoms with Crippen LogP contribution in [0.3, 0.4) is 0 Å². The molecule has 4 heteroatoms. The first-order valence-corrected chi connectivity index (χ1v) is 8.29. The first-order chi connectivity index (χ1) is 9.51. The molecule has 0 amide bonds. The van der Waals surface area contributed by atoms with E-state index in [0.717, 1.165) is 36.9 Å². The number of halogens is 1. The Hall–Kier alpha value is -0.580. The minimum absolute atomic E-state index is 0.243. The molecule has 112 valence electrons. The number of nitrogens with zero attached hydrogens (tertiary/aromatic N) is 2. The van der Waals surface area contributed by atoms with Crippen LogP contribution in [0, 0.1) is 0 Å². The number of nitrogens with two attached hydrogens (primary N) is 1. The maximum Gasteiger partial charge on any atom is 0.0401 e. The van der Waals surface area contributed by atoms with E-state index in [2.05, 4.69) is 64.8 Å². The van der Waals surface area contributed by atoms with Gasteiger partial charge in [-0.3, -0.25) is 0 Å². The highest BCUT2D eigenvalue weighted by Crippen LogP contribution is 2.27. The van der Waals surface area contributed by atoms with E-state index >= 15 is 0 Å². The summed E-state index contributed by atoms with van der Waals surface area (Å²) in [6.07, 6.45) is 1.97. The maximum atomic E-state index is 6.16. The number of piperazine rings is 1. The molecule has 1 heterocycles. The lowest BCUT2D eigenvalue weighted by Gasteiger charge is -2.40. The van der Waals surface area contributed by atoms with Gasteiger partial charge in [0.05, 0.1) is 0 Å². The molecule has 0 bridgehead atoms. The van der Waals surface area contributed by atoms with Crippen molar-refractivity contribution < 1.29 is 0 Å². The molecular weight excluding hydrogens is 314 g/mol. The van der Waals surface area contributed by atoms with Gasteiger partial charge in [0.2, 0.25) is 0 Å². The fourth-order valence-corrected chi connectivity index (χ4v) is 3.13. The average Bonchev–Trinajstić information content (AvgIpc) is 2.42. The minimum atomic E-state index is 0.243. The molecule has 1 saturated heterocycles. The summed E-state index contributed by atoms with van der Waals surface area (Å²) in [5, 5.41) is 0. The number of hydrogen-bond acceptors (Lipinski definition) is 3. The average molecular weight is 340 g/mol. The summed E-state index contributed by atoms with van der Waals surface area (Å²) in [4.78, 5) is 4.93. The van der Waals surface area contributed by atoms with Gasteiger partial charge < -0.3 is 15.5 Å². The van der Waals surface area contributed by atoms with Crippen LogP contribution < -0.4 is 10.6 Å². The summed E-state index contributed by atoms with van der Waals surface area (Å²) in [5.74, 6) is 0. The molecule has 2 unspecified atom stereocenters. The van der Waals surface area contributed by atoms with E-state index < -0.39 is 0 Å². The monoisotopic (exact) mass is 339 g/mol. The van der Waals surface area contributed by atoms with Crippen LogP contribution in [0.1, 0.15) is 25.8 Å². The van der Waals surface area contributed by atoms with Crippen molar-refractivity contribution in [2.45, 2.75) is 38.8 Å². The number of benzene rings is 1. The lowest BCUT2D eigenvalue weighted by Crippen LogP contribution is -2.50. The Kier molecular flexibility index (Phi) is 5.47. The zero-order valence-corrected chi connectivity index (χ0v) is 14.4. The second-order valence-electron chi connectivity index (χ2n) is 5.92. The summed E-state index contributed by atoms with van der Waals surface area (Å²) in [6.45, 7) is 7.75. The zero-order valence-electron chi connectivity index (χ0n) is 12.8. The number of likely N-dealkylation sites (N-methyl/N-ethyl adjacent to an activating group) is 1. The van der Waals surface area contributed by atoms with Gasteiger partial charge in [0, 0.05) is 41.9 Å². The molecule has 1 fully saturated rings. The van der Waals surface area contributed by atoms with Crippen LogP contribution in [-0.4, -0.2) is 43.7 Å². The Labute approximate surface area is 131 Å². The van der Waals surface area contributed by atoms with Crippen LogP contribution in [0.2, 0.25) is 0 Å². The molecule has 3 nitrogen and oxygen atoms in total. The van der Waals surface area contributed by atoms with Crippen molar-refractivity contribution >= 4 is 21.6 Å². The maximum absolute atomic E-state index is 6.16. The van der Waals surface area contributed by atoms with Crippen molar-refractivity contribution in [3.05, 3.63) is 28.2 Å². The molecule has 2 rings (SSSR count). The molecule has 0 aromatic heterocycles. The van der Waals surface area contributed by atoms with E-state index in [4.69, 9.17) is 5.73 Å². The van der Waals surface area contributed by atoms with E-state index in [0.29, 0.717) is 6.04 Å². The zero-order chi connectivity index (χ0) is 14.7. The molecule has 1 aliphatic heterocycles. The topological polar surface area (TPSA) is 32.5 Å². The van der Waals surface area contributed by atoms with Gasteiger partial charge in [0.15, 0.2) is 0 Å².